The molecule has 0 saturated heterocycles. The molecule has 0 aromatic carbocycles. The summed E-state index contributed by atoms with van der Waals surface area (Å²) in [4.78, 5) is 38.0. The molecule has 0 fully saturated rings. The van der Waals surface area contributed by atoms with E-state index in [0.29, 0.717) is 19.3 Å². The third-order valence-corrected chi connectivity index (χ3v) is 12.3. The summed E-state index contributed by atoms with van der Waals surface area (Å²) in [5, 5.41) is 0. The smallest absolute Gasteiger partial charge is 0.306 e. The SMILES string of the molecule is CC/C=C\C/C=C\C/C=C\C/C=C\C/C=C\C/C=C\C/C=C\C/C=C\C/C=C\CCCC(=O)OCC(COC(=O)CCCCCCCCC)OC(=O)CCCC/C=C\C/C=C\C/C=C\C/C=C\C/C=C\C/C=C\C/C=C\C/C=C\CC. The third-order valence-electron chi connectivity index (χ3n) is 12.3. The van der Waals surface area contributed by atoms with Crippen molar-refractivity contribution in [2.45, 2.75) is 232 Å². The molecule has 1 unspecified atom stereocenters. The molecule has 0 aliphatic rings. The Bertz CT molecular complexity index is 2000. The second-order valence-electron chi connectivity index (χ2n) is 19.9. The van der Waals surface area contributed by atoms with E-state index in [0.717, 1.165) is 148 Å². The van der Waals surface area contributed by atoms with Crippen LogP contribution in [-0.2, 0) is 28.6 Å². The van der Waals surface area contributed by atoms with Gasteiger partial charge in [-0.05, 0) is 148 Å². The van der Waals surface area contributed by atoms with E-state index >= 15 is 0 Å². The topological polar surface area (TPSA) is 78.9 Å². The van der Waals surface area contributed by atoms with Crippen LogP contribution in [0.25, 0.3) is 0 Å². The van der Waals surface area contributed by atoms with Gasteiger partial charge in [-0.2, -0.15) is 0 Å². The number of carbonyl (C=O) groups excluding carboxylic acids is 3. The first kappa shape index (κ1) is 75.0. The van der Waals surface area contributed by atoms with Crippen molar-refractivity contribution in [2.24, 2.45) is 0 Å². The van der Waals surface area contributed by atoms with E-state index in [-0.39, 0.29) is 44.0 Å². The summed E-state index contributed by atoms with van der Waals surface area (Å²) in [5.41, 5.74) is 0. The Labute approximate surface area is 496 Å². The first-order valence-corrected chi connectivity index (χ1v) is 31.6. The maximum Gasteiger partial charge on any atom is 0.306 e. The molecule has 0 bridgehead atoms. The van der Waals surface area contributed by atoms with Crippen molar-refractivity contribution in [1.82, 2.24) is 0 Å². The van der Waals surface area contributed by atoms with Crippen molar-refractivity contribution in [1.29, 1.82) is 0 Å². The van der Waals surface area contributed by atoms with E-state index in [1.807, 2.05) is 0 Å². The fourth-order valence-corrected chi connectivity index (χ4v) is 7.63. The predicted molar refractivity (Wildman–Crippen MR) is 352 cm³/mol. The maximum atomic E-state index is 12.8. The molecular weight excluding hydrogens is 997 g/mol. The number of esters is 3. The van der Waals surface area contributed by atoms with E-state index in [1.165, 1.54) is 25.7 Å². The maximum absolute atomic E-state index is 12.8. The average Bonchev–Trinajstić information content (AvgIpc) is 3.47. The summed E-state index contributed by atoms with van der Waals surface area (Å²) in [5.74, 6) is -1.05. The highest BCUT2D eigenvalue weighted by Crippen LogP contribution is 2.11. The standard InChI is InChI=1S/C75H112O6/c1-4-7-10-13-16-18-20-22-24-26-28-30-32-34-36-37-39-40-42-44-46-48-50-52-54-56-59-62-65-68-74(77)80-71-72(70-79-73(76)67-64-61-58-15-12-9-6-3)81-75(78)69-66-63-60-57-55-53-51-49-47-45-43-41-38-35-33-31-29-27-25-23-21-19-17-14-11-8-5-2/h7-8,10-11,16-19,22-25,28-31,34-36,38-40,43-46,49-52,55-57,59,72H,4-6,9,12-15,20-21,26-27,32-33,37,41-42,47-48,53-54,58,60-71H2,1-3H3/b10-7-,11-8-,18-16-,19-17-,24-22-,25-23-,30-28-,31-29-,36-34-,38-35-,40-39-,45-43-,46-44-,51-49-,52-50-,57-55-,59-56-. The van der Waals surface area contributed by atoms with Crippen molar-refractivity contribution in [2.75, 3.05) is 13.2 Å². The zero-order valence-electron chi connectivity index (χ0n) is 51.2. The van der Waals surface area contributed by atoms with E-state index < -0.39 is 6.10 Å². The van der Waals surface area contributed by atoms with Gasteiger partial charge in [-0.3, -0.25) is 14.4 Å². The molecule has 0 rings (SSSR count). The Hall–Kier alpha value is -6.01. The highest BCUT2D eigenvalue weighted by Gasteiger charge is 2.19. The van der Waals surface area contributed by atoms with Crippen LogP contribution < -0.4 is 0 Å². The van der Waals surface area contributed by atoms with Gasteiger partial charge in [-0.15, -0.1) is 0 Å². The lowest BCUT2D eigenvalue weighted by Gasteiger charge is -2.18. The highest BCUT2D eigenvalue weighted by atomic mass is 16.6. The fourth-order valence-electron chi connectivity index (χ4n) is 7.63. The number of ether oxygens (including phenoxy) is 3. The minimum atomic E-state index is -0.836. The first-order chi connectivity index (χ1) is 40.0. The van der Waals surface area contributed by atoms with Crippen molar-refractivity contribution < 1.29 is 28.6 Å². The molecular formula is C75H112O6. The molecule has 0 amide bonds. The summed E-state index contributed by atoms with van der Waals surface area (Å²) in [6.07, 6.45) is 103. The van der Waals surface area contributed by atoms with Gasteiger partial charge in [-0.1, -0.05) is 266 Å². The monoisotopic (exact) mass is 1110 g/mol. The normalized spacial score (nSPS) is 13.6. The molecule has 448 valence electrons. The minimum Gasteiger partial charge on any atom is -0.462 e. The van der Waals surface area contributed by atoms with Crippen molar-refractivity contribution in [3.8, 4) is 0 Å². The minimum absolute atomic E-state index is 0.125. The summed E-state index contributed by atoms with van der Waals surface area (Å²) < 4.78 is 16.7. The molecule has 6 heteroatoms. The lowest BCUT2D eigenvalue weighted by Crippen LogP contribution is -2.30. The zero-order chi connectivity index (χ0) is 58.5. The summed E-state index contributed by atoms with van der Waals surface area (Å²) in [6.45, 7) is 6.25. The second kappa shape index (κ2) is 66.5. The summed E-state index contributed by atoms with van der Waals surface area (Å²) >= 11 is 0. The van der Waals surface area contributed by atoms with Crippen LogP contribution in [0.2, 0.25) is 0 Å². The summed E-state index contributed by atoms with van der Waals surface area (Å²) in [6, 6.07) is 0. The van der Waals surface area contributed by atoms with E-state index in [1.54, 1.807) is 0 Å². The molecule has 0 saturated carbocycles. The van der Waals surface area contributed by atoms with Gasteiger partial charge in [0.15, 0.2) is 6.10 Å². The number of rotatable bonds is 54. The predicted octanol–water partition coefficient (Wildman–Crippen LogP) is 22.0. The summed E-state index contributed by atoms with van der Waals surface area (Å²) in [7, 11) is 0. The molecule has 6 nitrogen and oxygen atoms in total. The molecule has 0 aliphatic heterocycles. The molecule has 0 spiro atoms. The Kier molecular flexibility index (Phi) is 61.6. The van der Waals surface area contributed by atoms with Gasteiger partial charge in [0.1, 0.15) is 13.2 Å². The van der Waals surface area contributed by atoms with Crippen LogP contribution in [0.3, 0.4) is 0 Å². The van der Waals surface area contributed by atoms with Crippen LogP contribution in [0.1, 0.15) is 226 Å². The highest BCUT2D eigenvalue weighted by molar-refractivity contribution is 5.71. The van der Waals surface area contributed by atoms with Gasteiger partial charge in [-0.25, -0.2) is 0 Å². The fraction of sp³-hybridized carbons (Fsp3) is 0.507. The second-order valence-corrected chi connectivity index (χ2v) is 19.9. The van der Waals surface area contributed by atoms with Crippen LogP contribution in [0.4, 0.5) is 0 Å². The van der Waals surface area contributed by atoms with Crippen molar-refractivity contribution >= 4 is 17.9 Å². The van der Waals surface area contributed by atoms with Crippen LogP contribution in [0, 0.1) is 0 Å². The molecule has 0 heterocycles. The van der Waals surface area contributed by atoms with Crippen LogP contribution in [0.15, 0.2) is 207 Å². The third kappa shape index (κ3) is 64.7. The largest absolute Gasteiger partial charge is 0.462 e. The molecule has 1 atom stereocenters. The van der Waals surface area contributed by atoms with Crippen LogP contribution in [-0.4, -0.2) is 37.2 Å². The van der Waals surface area contributed by atoms with Crippen LogP contribution in [0.5, 0.6) is 0 Å². The van der Waals surface area contributed by atoms with Gasteiger partial charge in [0.2, 0.25) is 0 Å². The Morgan fingerprint density at radius 2 is 0.494 bits per heavy atom. The molecule has 0 aromatic heterocycles. The van der Waals surface area contributed by atoms with E-state index in [9.17, 15) is 14.4 Å². The number of hydrogen-bond donors (Lipinski definition) is 0. The van der Waals surface area contributed by atoms with Crippen LogP contribution >= 0.6 is 0 Å². The zero-order valence-corrected chi connectivity index (χ0v) is 51.2. The molecule has 0 aliphatic carbocycles. The van der Waals surface area contributed by atoms with Crippen molar-refractivity contribution in [3.05, 3.63) is 207 Å². The lowest BCUT2D eigenvalue weighted by molar-refractivity contribution is -0.167. The molecule has 81 heavy (non-hydrogen) atoms. The van der Waals surface area contributed by atoms with E-state index in [2.05, 4.69) is 227 Å². The lowest BCUT2D eigenvalue weighted by atomic mass is 10.1. The van der Waals surface area contributed by atoms with E-state index in [4.69, 9.17) is 14.2 Å². The number of allylic oxidation sites excluding steroid dienone is 34. The quantitative estimate of drug-likeness (QED) is 0.0261. The van der Waals surface area contributed by atoms with Gasteiger partial charge in [0.25, 0.3) is 0 Å². The average molecular weight is 1110 g/mol. The molecule has 0 aromatic rings. The number of unbranched alkanes of at least 4 members (excludes halogenated alkanes) is 9. The number of hydrogen-bond acceptors (Lipinski definition) is 6. The van der Waals surface area contributed by atoms with Gasteiger partial charge in [0, 0.05) is 19.3 Å². The molecule has 0 radical (unpaired) electrons. The Balaban J connectivity index is 4.41. The first-order valence-electron chi connectivity index (χ1n) is 31.6. The van der Waals surface area contributed by atoms with Gasteiger partial charge >= 0.3 is 17.9 Å². The van der Waals surface area contributed by atoms with Crippen molar-refractivity contribution in [3.63, 3.8) is 0 Å². The number of carbonyl (C=O) groups is 3. The Morgan fingerprint density at radius 1 is 0.259 bits per heavy atom. The van der Waals surface area contributed by atoms with Gasteiger partial charge < -0.3 is 14.2 Å². The Morgan fingerprint density at radius 3 is 0.802 bits per heavy atom. The van der Waals surface area contributed by atoms with Gasteiger partial charge in [0.05, 0.1) is 0 Å². The molecule has 0 N–H and O–H groups in total.